The topological polar surface area (TPSA) is 35.5 Å². The van der Waals surface area contributed by atoms with E-state index in [1.807, 2.05) is 3.59 Å². The van der Waals surface area contributed by atoms with Gasteiger partial charge in [-0.3, -0.25) is 4.79 Å². The molecule has 0 N–H and O–H groups in total. The maximum absolute atomic E-state index is 10.4. The summed E-state index contributed by atoms with van der Waals surface area (Å²) in [5, 5.41) is 0. The molecule has 0 aliphatic carbocycles. The standard InChI is InChI=1S/C5H8O2.C5H7O.3C4H9.Sn/c6-5-1-3-7-4-2-5;1-2-4-6-5-3-1;3*1-3-4-2;/h1-4H2;2H,3-5H2;3*1,3-4H2,2H3;. The Morgan fingerprint density at radius 2 is 1.31 bits per heavy atom. The third-order valence-corrected chi connectivity index (χ3v) is 22.1. The van der Waals surface area contributed by atoms with E-state index < -0.39 is 18.4 Å². The molecule has 1 saturated heterocycles. The van der Waals surface area contributed by atoms with Crippen LogP contribution in [0.5, 0.6) is 0 Å². The molecule has 0 radical (unpaired) electrons. The second-order valence-electron chi connectivity index (χ2n) is 7.80. The quantitative estimate of drug-likeness (QED) is 0.361. The van der Waals surface area contributed by atoms with E-state index in [-0.39, 0.29) is 0 Å². The zero-order valence-electron chi connectivity index (χ0n) is 17.6. The molecule has 26 heavy (non-hydrogen) atoms. The van der Waals surface area contributed by atoms with Gasteiger partial charge in [0.1, 0.15) is 5.78 Å². The van der Waals surface area contributed by atoms with E-state index in [0.717, 1.165) is 13.2 Å². The summed E-state index contributed by atoms with van der Waals surface area (Å²) in [6.07, 6.45) is 13.6. The Balaban J connectivity index is 0.000000401. The Hall–Kier alpha value is 0.129. The first kappa shape index (κ1) is 24.2. The molecule has 0 aromatic heterocycles. The number of carbonyl (C=O) groups is 1. The molecule has 1 fully saturated rings. The normalized spacial score (nSPS) is 18.1. The van der Waals surface area contributed by atoms with Crippen LogP contribution in [-0.4, -0.2) is 50.6 Å². The molecule has 2 heterocycles. The Kier molecular flexibility index (Phi) is 14.0. The number of unbranched alkanes of at least 4 members (excludes halogenated alkanes) is 3. The van der Waals surface area contributed by atoms with Gasteiger partial charge in [-0.15, -0.1) is 0 Å². The number of Topliss-reactive ketones (excluding diaryl/α,β-unsaturated/α-hetero) is 1. The molecule has 0 bridgehead atoms. The van der Waals surface area contributed by atoms with Crippen molar-refractivity contribution in [2.75, 3.05) is 26.4 Å². The van der Waals surface area contributed by atoms with Gasteiger partial charge >= 0.3 is 125 Å². The van der Waals surface area contributed by atoms with Crippen LogP contribution in [0.3, 0.4) is 0 Å². The second-order valence-corrected chi connectivity index (χ2v) is 21.2. The first-order chi connectivity index (χ1) is 12.7. The fraction of sp³-hybridized carbons (Fsp3) is 0.864. The molecule has 152 valence electrons. The van der Waals surface area contributed by atoms with Crippen LogP contribution in [0.4, 0.5) is 0 Å². The number of rotatable bonds is 10. The summed E-state index contributed by atoms with van der Waals surface area (Å²) < 4.78 is 17.2. The zero-order valence-corrected chi connectivity index (χ0v) is 20.5. The van der Waals surface area contributed by atoms with Crippen molar-refractivity contribution in [2.45, 2.75) is 91.9 Å². The Bertz CT molecular complexity index is 376. The van der Waals surface area contributed by atoms with E-state index >= 15 is 0 Å². The van der Waals surface area contributed by atoms with Gasteiger partial charge < -0.3 is 4.74 Å². The van der Waals surface area contributed by atoms with Crippen LogP contribution in [-0.2, 0) is 14.3 Å². The molecule has 2 aliphatic heterocycles. The summed E-state index contributed by atoms with van der Waals surface area (Å²) in [4.78, 5) is 10.4. The van der Waals surface area contributed by atoms with E-state index in [4.69, 9.17) is 9.47 Å². The van der Waals surface area contributed by atoms with Crippen molar-refractivity contribution in [3.05, 3.63) is 9.67 Å². The molecule has 0 saturated carbocycles. The molecule has 2 rings (SSSR count). The van der Waals surface area contributed by atoms with Crippen LogP contribution >= 0.6 is 0 Å². The Labute approximate surface area is 166 Å². The van der Waals surface area contributed by atoms with Crippen molar-refractivity contribution in [2.24, 2.45) is 0 Å². The van der Waals surface area contributed by atoms with Crippen LogP contribution in [0.1, 0.15) is 78.6 Å². The number of hydrogen-bond donors (Lipinski definition) is 0. The maximum atomic E-state index is 10.4. The molecule has 2 aliphatic rings. The summed E-state index contributed by atoms with van der Waals surface area (Å²) in [6, 6.07) is 0. The fourth-order valence-electron chi connectivity index (χ4n) is 4.01. The minimum absolute atomic E-state index is 0.339. The summed E-state index contributed by atoms with van der Waals surface area (Å²) in [5.41, 5.74) is 0. The summed E-state index contributed by atoms with van der Waals surface area (Å²) in [6.45, 7) is 10.2. The zero-order chi connectivity index (χ0) is 19.1. The van der Waals surface area contributed by atoms with Gasteiger partial charge in [-0.05, 0) is 0 Å². The van der Waals surface area contributed by atoms with Gasteiger partial charge in [0.2, 0.25) is 0 Å². The van der Waals surface area contributed by atoms with Gasteiger partial charge in [0.05, 0.1) is 13.2 Å². The van der Waals surface area contributed by atoms with Gasteiger partial charge in [0.25, 0.3) is 0 Å². The number of ether oxygens (including phenoxy) is 2. The van der Waals surface area contributed by atoms with Crippen LogP contribution in [0.25, 0.3) is 0 Å². The molecule has 0 atom stereocenters. The average molecular weight is 473 g/mol. The summed E-state index contributed by atoms with van der Waals surface area (Å²) >= 11 is -2.04. The molecule has 4 heteroatoms. The first-order valence-corrected chi connectivity index (χ1v) is 18.5. The molecular weight excluding hydrogens is 431 g/mol. The minimum atomic E-state index is -2.04. The third-order valence-electron chi connectivity index (χ3n) is 5.72. The van der Waals surface area contributed by atoms with Crippen LogP contribution in [0.15, 0.2) is 9.67 Å². The molecule has 0 unspecified atom stereocenters. The maximum Gasteiger partial charge on any atom is 0.137 e. The van der Waals surface area contributed by atoms with Crippen LogP contribution < -0.4 is 0 Å². The van der Waals surface area contributed by atoms with E-state index in [2.05, 4.69) is 26.8 Å². The minimum Gasteiger partial charge on any atom is -0.381 e. The van der Waals surface area contributed by atoms with E-state index in [1.165, 1.54) is 44.9 Å². The van der Waals surface area contributed by atoms with E-state index in [0.29, 0.717) is 31.8 Å². The van der Waals surface area contributed by atoms with Gasteiger partial charge in [0.15, 0.2) is 0 Å². The molecule has 0 aromatic carbocycles. The van der Waals surface area contributed by atoms with Gasteiger partial charge in [-0.25, -0.2) is 0 Å². The molecule has 0 spiro atoms. The number of hydrogen-bond acceptors (Lipinski definition) is 3. The van der Waals surface area contributed by atoms with E-state index in [1.54, 1.807) is 13.3 Å². The summed E-state index contributed by atoms with van der Waals surface area (Å²) in [5.74, 6) is 0.339. The predicted molar refractivity (Wildman–Crippen MR) is 113 cm³/mol. The van der Waals surface area contributed by atoms with Crippen LogP contribution in [0.2, 0.25) is 13.3 Å². The molecule has 0 amide bonds. The fourth-order valence-corrected chi connectivity index (χ4v) is 21.0. The second kappa shape index (κ2) is 15.1. The van der Waals surface area contributed by atoms with Gasteiger partial charge in [-0.2, -0.15) is 0 Å². The van der Waals surface area contributed by atoms with Crippen LogP contribution in [0, 0.1) is 0 Å². The van der Waals surface area contributed by atoms with Crippen molar-refractivity contribution in [3.63, 3.8) is 0 Å². The largest absolute Gasteiger partial charge is 0.381 e. The number of ketones is 1. The number of carbonyl (C=O) groups excluding carboxylic acids is 1. The first-order valence-electron chi connectivity index (χ1n) is 11.0. The summed E-state index contributed by atoms with van der Waals surface area (Å²) in [7, 11) is 0. The van der Waals surface area contributed by atoms with Crippen molar-refractivity contribution in [3.8, 4) is 0 Å². The van der Waals surface area contributed by atoms with Crippen molar-refractivity contribution in [1.29, 1.82) is 0 Å². The van der Waals surface area contributed by atoms with Gasteiger partial charge in [-0.1, -0.05) is 0 Å². The molecule has 3 nitrogen and oxygen atoms in total. The monoisotopic (exact) mass is 474 g/mol. The predicted octanol–water partition coefficient (Wildman–Crippen LogP) is 6.09. The third kappa shape index (κ3) is 9.36. The molecular formula is C22H42O3Sn. The Morgan fingerprint density at radius 3 is 1.65 bits per heavy atom. The molecule has 0 aromatic rings. The van der Waals surface area contributed by atoms with Crippen molar-refractivity contribution in [1.82, 2.24) is 0 Å². The van der Waals surface area contributed by atoms with Crippen molar-refractivity contribution >= 4 is 24.2 Å². The Morgan fingerprint density at radius 1 is 0.808 bits per heavy atom. The SMILES string of the molecule is CCC[CH2][Sn]([CH2]CCC)([CH2]CCC)[C]1=CCOCC1.O=C1CCOCC1. The van der Waals surface area contributed by atoms with Gasteiger partial charge in [0, 0.05) is 12.8 Å². The van der Waals surface area contributed by atoms with E-state index in [9.17, 15) is 4.79 Å². The van der Waals surface area contributed by atoms with Crippen molar-refractivity contribution < 1.29 is 14.3 Å². The average Bonchev–Trinajstić information content (AvgIpc) is 2.69. The smallest absolute Gasteiger partial charge is 0.137 e.